The third kappa shape index (κ3) is 3.61. The van der Waals surface area contributed by atoms with Gasteiger partial charge in [-0.15, -0.1) is 12.4 Å². The van der Waals surface area contributed by atoms with Crippen LogP contribution in [0.3, 0.4) is 0 Å². The molecule has 1 saturated heterocycles. The van der Waals surface area contributed by atoms with Gasteiger partial charge in [0.2, 0.25) is 10.0 Å². The van der Waals surface area contributed by atoms with E-state index in [9.17, 15) is 8.42 Å². The molecule has 2 rings (SSSR count). The molecule has 19 heavy (non-hydrogen) atoms. The monoisotopic (exact) mass is 324 g/mol. The number of hydrogen-bond acceptors (Lipinski definition) is 3. The fourth-order valence-electron chi connectivity index (χ4n) is 2.16. The number of halogens is 2. The molecule has 0 amide bonds. The van der Waals surface area contributed by atoms with Crippen molar-refractivity contribution in [3.05, 3.63) is 28.8 Å². The van der Waals surface area contributed by atoms with Gasteiger partial charge in [-0.2, -0.15) is 4.31 Å². The van der Waals surface area contributed by atoms with Crippen LogP contribution >= 0.6 is 24.0 Å². The Kier molecular flexibility index (Phi) is 5.65. The van der Waals surface area contributed by atoms with Crippen LogP contribution in [0.1, 0.15) is 12.5 Å². The molecule has 1 aliphatic heterocycles. The third-order valence-corrected chi connectivity index (χ3v) is 5.35. The second-order valence-corrected chi connectivity index (χ2v) is 6.97. The van der Waals surface area contributed by atoms with Crippen LogP contribution < -0.4 is 5.32 Å². The lowest BCUT2D eigenvalue weighted by molar-refractivity contribution is 0.310. The van der Waals surface area contributed by atoms with Crippen LogP contribution in [-0.4, -0.2) is 38.4 Å². The zero-order chi connectivity index (χ0) is 13.3. The van der Waals surface area contributed by atoms with E-state index >= 15 is 0 Å². The average molecular weight is 325 g/mol. The van der Waals surface area contributed by atoms with E-state index in [1.807, 2.05) is 6.92 Å². The number of nitrogens with zero attached hydrogens (tertiary/aromatic N) is 1. The van der Waals surface area contributed by atoms with E-state index in [0.717, 1.165) is 0 Å². The predicted octanol–water partition coefficient (Wildman–Crippen LogP) is 2.05. The van der Waals surface area contributed by atoms with Crippen LogP contribution in [0.15, 0.2) is 23.1 Å². The molecule has 1 heterocycles. The van der Waals surface area contributed by atoms with Gasteiger partial charge in [-0.3, -0.25) is 0 Å². The first-order chi connectivity index (χ1) is 8.41. The van der Waals surface area contributed by atoms with Crippen LogP contribution in [0, 0.1) is 6.92 Å². The summed E-state index contributed by atoms with van der Waals surface area (Å²) in [6, 6.07) is 5.06. The molecule has 1 aromatic carbocycles. The van der Waals surface area contributed by atoms with Gasteiger partial charge in [-0.1, -0.05) is 11.6 Å². The minimum absolute atomic E-state index is 0. The van der Waals surface area contributed by atoms with E-state index in [1.54, 1.807) is 25.1 Å². The van der Waals surface area contributed by atoms with Crippen molar-refractivity contribution in [1.29, 1.82) is 0 Å². The highest BCUT2D eigenvalue weighted by atomic mass is 35.5. The first kappa shape index (κ1) is 16.7. The summed E-state index contributed by atoms with van der Waals surface area (Å²) in [6.45, 7) is 5.45. The summed E-state index contributed by atoms with van der Waals surface area (Å²) < 4.78 is 26.6. The molecule has 108 valence electrons. The average Bonchev–Trinajstić information content (AvgIpc) is 2.28. The van der Waals surface area contributed by atoms with E-state index in [2.05, 4.69) is 5.32 Å². The Morgan fingerprint density at radius 2 is 2.11 bits per heavy atom. The van der Waals surface area contributed by atoms with Crippen molar-refractivity contribution < 1.29 is 8.42 Å². The molecule has 4 nitrogen and oxygen atoms in total. The maximum absolute atomic E-state index is 12.5. The number of aryl methyl sites for hydroxylation is 1. The van der Waals surface area contributed by atoms with Gasteiger partial charge < -0.3 is 5.32 Å². The van der Waals surface area contributed by atoms with Crippen molar-refractivity contribution in [2.45, 2.75) is 24.8 Å². The lowest BCUT2D eigenvalue weighted by Crippen LogP contribution is -2.51. The first-order valence-corrected chi connectivity index (χ1v) is 7.73. The molecule has 0 unspecified atom stereocenters. The molecule has 0 spiro atoms. The normalized spacial score (nSPS) is 20.9. The van der Waals surface area contributed by atoms with E-state index in [0.29, 0.717) is 35.1 Å². The Morgan fingerprint density at radius 1 is 1.42 bits per heavy atom. The van der Waals surface area contributed by atoms with Crippen LogP contribution in [0.4, 0.5) is 0 Å². The quantitative estimate of drug-likeness (QED) is 0.905. The largest absolute Gasteiger partial charge is 0.312 e. The van der Waals surface area contributed by atoms with Gasteiger partial charge in [-0.05, 0) is 37.6 Å². The lowest BCUT2D eigenvalue weighted by Gasteiger charge is -2.31. The highest BCUT2D eigenvalue weighted by Crippen LogP contribution is 2.23. The SMILES string of the molecule is Cc1cc(Cl)ccc1S(=O)(=O)N1CCN[C@H](C)C1.Cl. The molecule has 1 atom stereocenters. The lowest BCUT2D eigenvalue weighted by atomic mass is 10.2. The minimum Gasteiger partial charge on any atom is -0.312 e. The van der Waals surface area contributed by atoms with E-state index < -0.39 is 10.0 Å². The molecule has 0 bridgehead atoms. The van der Waals surface area contributed by atoms with Crippen molar-refractivity contribution in [2.75, 3.05) is 19.6 Å². The highest BCUT2D eigenvalue weighted by Gasteiger charge is 2.29. The molecule has 7 heteroatoms. The van der Waals surface area contributed by atoms with Crippen LogP contribution in [0.2, 0.25) is 5.02 Å². The summed E-state index contributed by atoms with van der Waals surface area (Å²) in [5.41, 5.74) is 0.689. The summed E-state index contributed by atoms with van der Waals surface area (Å²) in [6.07, 6.45) is 0. The van der Waals surface area contributed by atoms with E-state index in [-0.39, 0.29) is 18.4 Å². The van der Waals surface area contributed by atoms with Crippen LogP contribution in [0.5, 0.6) is 0 Å². The second kappa shape index (κ2) is 6.41. The molecule has 1 aliphatic rings. The molecule has 0 saturated carbocycles. The van der Waals surface area contributed by atoms with Crippen LogP contribution in [-0.2, 0) is 10.0 Å². The number of rotatable bonds is 2. The molecule has 0 radical (unpaired) electrons. The maximum atomic E-state index is 12.5. The van der Waals surface area contributed by atoms with Gasteiger partial charge in [-0.25, -0.2) is 8.42 Å². The summed E-state index contributed by atoms with van der Waals surface area (Å²) in [7, 11) is -3.41. The van der Waals surface area contributed by atoms with Crippen molar-refractivity contribution in [1.82, 2.24) is 9.62 Å². The van der Waals surface area contributed by atoms with Crippen molar-refractivity contribution in [3.63, 3.8) is 0 Å². The number of benzene rings is 1. The van der Waals surface area contributed by atoms with E-state index in [1.165, 1.54) is 4.31 Å². The summed E-state index contributed by atoms with van der Waals surface area (Å²) in [5, 5.41) is 3.79. The molecule has 0 aromatic heterocycles. The highest BCUT2D eigenvalue weighted by molar-refractivity contribution is 7.89. The van der Waals surface area contributed by atoms with Gasteiger partial charge in [0.05, 0.1) is 4.90 Å². The van der Waals surface area contributed by atoms with Crippen LogP contribution in [0.25, 0.3) is 0 Å². The maximum Gasteiger partial charge on any atom is 0.243 e. The van der Waals surface area contributed by atoms with Crippen molar-refractivity contribution >= 4 is 34.0 Å². The van der Waals surface area contributed by atoms with Gasteiger partial charge >= 0.3 is 0 Å². The first-order valence-electron chi connectivity index (χ1n) is 5.91. The molecular formula is C12H18Cl2N2O2S. The molecule has 1 aromatic rings. The Morgan fingerprint density at radius 3 is 2.68 bits per heavy atom. The van der Waals surface area contributed by atoms with Gasteiger partial charge in [0.25, 0.3) is 0 Å². The summed E-state index contributed by atoms with van der Waals surface area (Å²) in [5.74, 6) is 0. The topological polar surface area (TPSA) is 49.4 Å². The van der Waals surface area contributed by atoms with Gasteiger partial charge in [0.15, 0.2) is 0 Å². The Hall–Kier alpha value is -0.330. The Balaban J connectivity index is 0.00000180. The number of nitrogens with one attached hydrogen (secondary N) is 1. The van der Waals surface area contributed by atoms with Crippen molar-refractivity contribution in [2.24, 2.45) is 0 Å². The second-order valence-electron chi connectivity index (χ2n) is 4.63. The van der Waals surface area contributed by atoms with Gasteiger partial charge in [0.1, 0.15) is 0 Å². The smallest absolute Gasteiger partial charge is 0.243 e. The number of piperazine rings is 1. The molecule has 1 N–H and O–H groups in total. The van der Waals surface area contributed by atoms with E-state index in [4.69, 9.17) is 11.6 Å². The van der Waals surface area contributed by atoms with Crippen molar-refractivity contribution in [3.8, 4) is 0 Å². The molecule has 1 fully saturated rings. The zero-order valence-electron chi connectivity index (χ0n) is 10.9. The molecular weight excluding hydrogens is 307 g/mol. The fraction of sp³-hybridized carbons (Fsp3) is 0.500. The van der Waals surface area contributed by atoms with Gasteiger partial charge in [0, 0.05) is 30.7 Å². The molecule has 0 aliphatic carbocycles. The summed E-state index contributed by atoms with van der Waals surface area (Å²) in [4.78, 5) is 0.348. The fourth-order valence-corrected chi connectivity index (χ4v) is 4.12. The minimum atomic E-state index is -3.41. The standard InChI is InChI=1S/C12H17ClN2O2S.ClH/c1-9-7-11(13)3-4-12(9)18(16,17)15-6-5-14-10(2)8-15;/h3-4,7,10,14H,5-6,8H2,1-2H3;1H/t10-;/m1./s1. The zero-order valence-corrected chi connectivity index (χ0v) is 13.3. The Bertz CT molecular complexity index is 549. The number of hydrogen-bond donors (Lipinski definition) is 1. The third-order valence-electron chi connectivity index (χ3n) is 3.09. The summed E-state index contributed by atoms with van der Waals surface area (Å²) >= 11 is 5.86. The predicted molar refractivity (Wildman–Crippen MR) is 79.7 cm³/mol. The Labute approximate surface area is 125 Å². The number of sulfonamides is 1.